The molecule has 9 heteroatoms. The van der Waals surface area contributed by atoms with Gasteiger partial charge in [-0.15, -0.1) is 0 Å². The Labute approximate surface area is 867 Å². The monoisotopic (exact) mass is 1900 g/mol. The van der Waals surface area contributed by atoms with E-state index in [4.69, 9.17) is 28.4 Å². The number of fused-ring (bicyclic) bond motifs is 47. The lowest BCUT2D eigenvalue weighted by molar-refractivity contribution is 0.464. The first-order chi connectivity index (χ1) is 74.3. The second-order valence-electron chi connectivity index (χ2n) is 41.8. The lowest BCUT2D eigenvalue weighted by atomic mass is 9.35. The fourth-order valence-electron chi connectivity index (χ4n) is 28.9. The molecule has 6 heterocycles. The quantitative estimate of drug-likeness (QED) is 0.164. The molecule has 0 N–H and O–H groups in total. The van der Waals surface area contributed by atoms with Gasteiger partial charge in [0.1, 0.15) is 69.0 Å². The van der Waals surface area contributed by atoms with Crippen LogP contribution in [0.1, 0.15) is 66.8 Å². The maximum atomic E-state index is 6.70. The van der Waals surface area contributed by atoms with Gasteiger partial charge in [0.05, 0.1) is 16.2 Å². The highest BCUT2D eigenvalue weighted by atomic mass is 16.5. The summed E-state index contributed by atoms with van der Waals surface area (Å²) in [4.78, 5) is 0. The predicted molar refractivity (Wildman–Crippen MR) is 610 cm³/mol. The SMILES string of the molecule is c1ccc2c(c1)Oc1cccc3c1B2c1ccc(-c2ccc4c(c2)C2(c5ccccc5-c5ccccc52)c2ccc5ccccc5c2-4)cc1O3.c1ccc2c(c1)Oc1cccc3c1B2c1ccc(-c2ccc4c5c(ccc4c2)-c2ccccc2C52c4ccccc4-c4ccccc42)cc1O3.c1ccc2c(c1)Oc1cccc3c1B2c1ccc(-c2ccc4cc5c(cc4c2)C2(c4ccccc4-c4ccccc42)c2ccccc2-5)cc1O3. The first-order valence-corrected chi connectivity index (χ1v) is 52.1. The van der Waals surface area contributed by atoms with E-state index in [0.29, 0.717) is 0 Å². The van der Waals surface area contributed by atoms with Crippen LogP contribution in [0.25, 0.3) is 132 Å². The van der Waals surface area contributed by atoms with Crippen molar-refractivity contribution < 1.29 is 28.4 Å². The first-order valence-electron chi connectivity index (χ1n) is 52.1. The highest BCUT2D eigenvalue weighted by Gasteiger charge is 2.57. The number of benzene rings is 24. The predicted octanol–water partition coefficient (Wildman–Crippen LogP) is 28.7. The van der Waals surface area contributed by atoms with Gasteiger partial charge in [-0.3, -0.25) is 0 Å². The van der Waals surface area contributed by atoms with E-state index in [0.717, 1.165) is 102 Å². The molecule has 690 valence electrons. The van der Waals surface area contributed by atoms with Crippen molar-refractivity contribution in [1.29, 1.82) is 0 Å². The van der Waals surface area contributed by atoms with Crippen LogP contribution >= 0.6 is 0 Å². The summed E-state index contributed by atoms with van der Waals surface area (Å²) in [5.41, 5.74) is 48.4. The number of rotatable bonds is 3. The molecule has 0 aromatic heterocycles. The summed E-state index contributed by atoms with van der Waals surface area (Å²) in [5, 5.41) is 7.58. The summed E-state index contributed by atoms with van der Waals surface area (Å²) < 4.78 is 39.0. The van der Waals surface area contributed by atoms with Crippen molar-refractivity contribution in [3.8, 4) is 169 Å². The smallest absolute Gasteiger partial charge is 0.260 e. The minimum Gasteiger partial charge on any atom is -0.458 e. The highest BCUT2D eigenvalue weighted by Crippen LogP contribution is 2.68. The van der Waals surface area contributed by atoms with Crippen LogP contribution in [0.3, 0.4) is 0 Å². The Hall–Kier alpha value is -18.9. The van der Waals surface area contributed by atoms with Gasteiger partial charge in [0, 0.05) is 16.4 Å². The molecule has 0 unspecified atom stereocenters. The average Bonchev–Trinajstić information content (AvgIpc) is 1.51. The molecule has 150 heavy (non-hydrogen) atoms. The van der Waals surface area contributed by atoms with Crippen LogP contribution in [0.5, 0.6) is 69.0 Å². The zero-order chi connectivity index (χ0) is 97.7. The number of ether oxygens (including phenoxy) is 6. The van der Waals surface area contributed by atoms with Crippen LogP contribution in [-0.4, -0.2) is 20.1 Å². The molecule has 24 aromatic carbocycles. The number of para-hydroxylation sites is 3. The van der Waals surface area contributed by atoms with Crippen LogP contribution in [-0.2, 0) is 16.2 Å². The zero-order valence-corrected chi connectivity index (χ0v) is 80.9. The van der Waals surface area contributed by atoms with E-state index >= 15 is 0 Å². The molecule has 0 bridgehead atoms. The van der Waals surface area contributed by atoms with E-state index in [1.807, 2.05) is 54.6 Å². The minimum atomic E-state index is -0.413. The highest BCUT2D eigenvalue weighted by molar-refractivity contribution is 6.99. The molecule has 6 aliphatic heterocycles. The lowest BCUT2D eigenvalue weighted by Gasteiger charge is -2.33. The average molecular weight is 1900 g/mol. The molecule has 36 rings (SSSR count). The van der Waals surface area contributed by atoms with E-state index in [1.54, 1.807) is 0 Å². The van der Waals surface area contributed by atoms with Gasteiger partial charge >= 0.3 is 0 Å². The molecule has 3 spiro atoms. The standard InChI is InChI=1S/3C47H27BO2/c1-4-13-36-32(10-1)33-11-2-5-14-37(33)47(36)38-15-6-3-12-34(38)35-24-21-30-26-28(20-23-31(30)45(35)47)29-22-25-40-44(27-29)50-43-19-9-18-42-46(43)48(40)39-16-7-8-17-41(39)49-42;1-4-13-36-32(10-1)33-11-2-5-14-37(33)47(36)38-15-6-3-12-34(38)35-25-29-21-20-28(24-31(29)26-39(35)47)30-22-23-41-45(27-30)50-44-19-9-18-43-46(44)48(41)40-16-7-8-17-42(40)49-43;1-2-11-31-28(10-1)21-24-37-45(31)34-23-20-29(26-38(34)47(37)35-14-5-3-12-32(35)33-13-4-6-15-36(33)47)30-22-25-40-44(27-30)50-43-19-9-18-42-46(43)48(40)39-16-7-8-17-41(39)49-42/h3*1-27H. The van der Waals surface area contributed by atoms with Crippen molar-refractivity contribution >= 4 is 102 Å². The molecule has 0 saturated heterocycles. The Morgan fingerprint density at radius 2 is 0.433 bits per heavy atom. The van der Waals surface area contributed by atoms with Crippen molar-refractivity contribution in [3.63, 3.8) is 0 Å². The van der Waals surface area contributed by atoms with Gasteiger partial charge in [-0.05, 0) is 335 Å². The number of hydrogen-bond donors (Lipinski definition) is 0. The van der Waals surface area contributed by atoms with E-state index in [-0.39, 0.29) is 31.0 Å². The molecule has 0 saturated carbocycles. The van der Waals surface area contributed by atoms with Crippen molar-refractivity contribution in [3.05, 3.63) is 558 Å². The fourth-order valence-corrected chi connectivity index (χ4v) is 28.9. The molecule has 0 amide bonds. The Morgan fingerprint density at radius 1 is 0.140 bits per heavy atom. The zero-order valence-electron chi connectivity index (χ0n) is 80.9. The second kappa shape index (κ2) is 30.6. The van der Waals surface area contributed by atoms with Crippen molar-refractivity contribution in [2.24, 2.45) is 0 Å². The first kappa shape index (κ1) is 82.4. The molecule has 0 atom stereocenters. The molecule has 0 fully saturated rings. The Kier molecular flexibility index (Phi) is 16.8. The van der Waals surface area contributed by atoms with Gasteiger partial charge in [-0.1, -0.05) is 388 Å². The van der Waals surface area contributed by atoms with E-state index in [9.17, 15) is 0 Å². The third-order valence-corrected chi connectivity index (χ3v) is 34.8. The molecule has 6 nitrogen and oxygen atoms in total. The summed E-state index contributed by atoms with van der Waals surface area (Å²) in [5.74, 6) is 10.6. The molecule has 6 aliphatic carbocycles. The largest absolute Gasteiger partial charge is 0.458 e. The molecule has 24 aromatic rings. The van der Waals surface area contributed by atoms with Gasteiger partial charge in [-0.25, -0.2) is 0 Å². The van der Waals surface area contributed by atoms with E-state index in [2.05, 4.69) is 437 Å². The third kappa shape index (κ3) is 11.0. The van der Waals surface area contributed by atoms with Crippen molar-refractivity contribution in [2.75, 3.05) is 0 Å². The Balaban J connectivity index is 0.0000000957. The minimum absolute atomic E-state index is 0.0570. The summed E-state index contributed by atoms with van der Waals surface area (Å²) in [6.45, 7) is 0.192. The topological polar surface area (TPSA) is 55.4 Å². The van der Waals surface area contributed by atoms with Crippen LogP contribution in [0.15, 0.2) is 491 Å². The second-order valence-corrected chi connectivity index (χ2v) is 41.8. The van der Waals surface area contributed by atoms with Gasteiger partial charge in [0.25, 0.3) is 20.1 Å². The summed E-state index contributed by atoms with van der Waals surface area (Å²) in [6.07, 6.45) is 0. The molecular formula is C141H81B3O6. The maximum Gasteiger partial charge on any atom is 0.260 e. The van der Waals surface area contributed by atoms with Crippen molar-refractivity contribution in [1.82, 2.24) is 0 Å². The van der Waals surface area contributed by atoms with Gasteiger partial charge in [0.2, 0.25) is 0 Å². The van der Waals surface area contributed by atoms with Crippen molar-refractivity contribution in [2.45, 2.75) is 16.2 Å². The molecular weight excluding hydrogens is 1820 g/mol. The molecule has 12 aliphatic rings. The maximum absolute atomic E-state index is 6.70. The molecule has 0 radical (unpaired) electrons. The normalized spacial score (nSPS) is 14.4. The summed E-state index contributed by atoms with van der Waals surface area (Å²) in [7, 11) is 0. The Morgan fingerprint density at radius 3 is 0.873 bits per heavy atom. The van der Waals surface area contributed by atoms with Crippen LogP contribution < -0.4 is 77.6 Å². The Bertz CT molecular complexity index is 9890. The third-order valence-electron chi connectivity index (χ3n) is 34.8. The summed E-state index contributed by atoms with van der Waals surface area (Å²) in [6, 6.07) is 180. The van der Waals surface area contributed by atoms with E-state index in [1.165, 1.54) is 215 Å². The fraction of sp³-hybridized carbons (Fsp3) is 0.0213. The lowest BCUT2D eigenvalue weighted by Crippen LogP contribution is -2.57. The van der Waals surface area contributed by atoms with Crippen LogP contribution in [0.2, 0.25) is 0 Å². The van der Waals surface area contributed by atoms with Crippen LogP contribution in [0.4, 0.5) is 0 Å². The van der Waals surface area contributed by atoms with Crippen LogP contribution in [0, 0.1) is 0 Å². The van der Waals surface area contributed by atoms with Gasteiger partial charge in [0.15, 0.2) is 0 Å². The number of hydrogen-bond acceptors (Lipinski definition) is 6. The van der Waals surface area contributed by atoms with Gasteiger partial charge < -0.3 is 28.4 Å². The summed E-state index contributed by atoms with van der Waals surface area (Å²) >= 11 is 0. The van der Waals surface area contributed by atoms with E-state index < -0.39 is 5.41 Å². The van der Waals surface area contributed by atoms with Gasteiger partial charge in [-0.2, -0.15) is 0 Å².